The normalized spacial score (nSPS) is 13.7. The highest BCUT2D eigenvalue weighted by molar-refractivity contribution is 14.1. The van der Waals surface area contributed by atoms with E-state index in [-0.39, 0.29) is 29.7 Å². The number of nitrogens with one attached hydrogen (secondary N) is 1. The summed E-state index contributed by atoms with van der Waals surface area (Å²) in [6.45, 7) is 21.1. The summed E-state index contributed by atoms with van der Waals surface area (Å²) in [4.78, 5) is 56.2. The van der Waals surface area contributed by atoms with E-state index in [0.717, 1.165) is 25.2 Å². The molecular formula is C55H83Cl2IN8O8. The van der Waals surface area contributed by atoms with Crippen molar-refractivity contribution in [3.05, 3.63) is 95.2 Å². The summed E-state index contributed by atoms with van der Waals surface area (Å²) in [6, 6.07) is 15.6. The molecule has 0 atom stereocenters. The van der Waals surface area contributed by atoms with Crippen molar-refractivity contribution < 1.29 is 28.5 Å². The maximum atomic E-state index is 13.2. The molecule has 2 fully saturated rings. The van der Waals surface area contributed by atoms with Crippen LogP contribution in [0.4, 0.5) is 21.0 Å². The summed E-state index contributed by atoms with van der Waals surface area (Å²) >= 11 is 14.8. The fourth-order valence-corrected chi connectivity index (χ4v) is 8.77. The molecule has 6 rings (SSSR count). The van der Waals surface area contributed by atoms with Gasteiger partial charge in [0, 0.05) is 52.4 Å². The van der Waals surface area contributed by atoms with E-state index >= 15 is 0 Å². The zero-order valence-electron chi connectivity index (χ0n) is 44.4. The van der Waals surface area contributed by atoms with Gasteiger partial charge in [0.25, 0.3) is 11.1 Å². The number of aromatic nitrogens is 4. The minimum atomic E-state index is -0.541. The number of ether oxygens (including phenoxy) is 4. The number of amides is 2. The number of para-hydroxylation sites is 3. The molecule has 4 aromatic rings. The number of nitrogens with zero attached hydrogens (tertiary/aromatic N) is 7. The van der Waals surface area contributed by atoms with E-state index in [9.17, 15) is 19.2 Å². The summed E-state index contributed by atoms with van der Waals surface area (Å²) in [5, 5.41) is 10.7. The molecule has 2 amide bonds. The number of benzene rings is 2. The molecule has 19 heteroatoms. The average Bonchev–Trinajstić information content (AvgIpc) is 3.35. The first kappa shape index (κ1) is 63.5. The minimum Gasteiger partial charge on any atom is -0.492 e. The average molecular weight is 1180 g/mol. The molecular weight excluding hydrogens is 1100 g/mol. The summed E-state index contributed by atoms with van der Waals surface area (Å²) in [5.74, 6) is 1.63. The second kappa shape index (κ2) is 32.6. The number of piperazine rings is 2. The molecule has 74 heavy (non-hydrogen) atoms. The van der Waals surface area contributed by atoms with Crippen molar-refractivity contribution in [3.8, 4) is 17.2 Å². The van der Waals surface area contributed by atoms with Gasteiger partial charge in [-0.3, -0.25) is 9.59 Å². The number of carbonyl (C=O) groups is 2. The largest absolute Gasteiger partial charge is 0.492 e. The maximum Gasteiger partial charge on any atom is 0.410 e. The second-order valence-electron chi connectivity index (χ2n) is 20.0. The molecule has 0 aliphatic carbocycles. The topological polar surface area (TPSA) is 165 Å². The standard InChI is InChI=1S/C27H39ClN4O4.C14H21IO.C13H19ClN4O3.CH4/c1-5-6-7-8-9-12-19-35-23-14-11-10-13-21(23)32-25(33)24(28)22(20-29-32)30-15-17-31(18-16-30)26(34)36-27(2,3)4;1-2-3-4-5-6-9-12-16-14-11-8-7-10-13(14)15;1-13(2,3)21-12(20)18-6-4-17(5-7-18)9-8-15-16-11(19)10(9)14;/h10-11,13-14,20H,5-9,12,15-19H2,1-4H3;7-8,10-11H,2-6,9,12H2,1H3;8H,4-7H2,1-3H3,(H,16,19);1H4. The molecule has 0 radical (unpaired) electrons. The Labute approximate surface area is 463 Å². The molecule has 2 aromatic carbocycles. The number of rotatable bonds is 19. The van der Waals surface area contributed by atoms with Crippen LogP contribution in [0.25, 0.3) is 5.69 Å². The zero-order valence-corrected chi connectivity index (χ0v) is 48.0. The highest BCUT2D eigenvalue weighted by Gasteiger charge is 2.29. The predicted molar refractivity (Wildman–Crippen MR) is 308 cm³/mol. The van der Waals surface area contributed by atoms with Gasteiger partial charge in [-0.2, -0.15) is 14.9 Å². The monoisotopic (exact) mass is 1180 g/mol. The lowest BCUT2D eigenvalue weighted by Gasteiger charge is -2.36. The third-order valence-corrected chi connectivity index (χ3v) is 13.3. The Morgan fingerprint density at radius 2 is 1.03 bits per heavy atom. The van der Waals surface area contributed by atoms with Crippen molar-refractivity contribution in [2.45, 2.75) is 151 Å². The maximum absolute atomic E-state index is 13.2. The number of halogens is 3. The lowest BCUT2D eigenvalue weighted by molar-refractivity contribution is 0.0230. The van der Waals surface area contributed by atoms with Crippen LogP contribution >= 0.6 is 45.8 Å². The Bertz CT molecular complexity index is 2410. The smallest absolute Gasteiger partial charge is 0.410 e. The van der Waals surface area contributed by atoms with E-state index in [1.807, 2.05) is 87.7 Å². The Kier molecular flexibility index (Phi) is 28.0. The fraction of sp³-hybridized carbons (Fsp3) is 0.600. The summed E-state index contributed by atoms with van der Waals surface area (Å²) in [5.41, 5.74) is -0.148. The second-order valence-corrected chi connectivity index (χ2v) is 21.9. The number of anilines is 2. The van der Waals surface area contributed by atoms with E-state index < -0.39 is 22.3 Å². The van der Waals surface area contributed by atoms with Crippen LogP contribution in [-0.2, 0) is 9.47 Å². The van der Waals surface area contributed by atoms with E-state index in [1.54, 1.807) is 22.1 Å². The third kappa shape index (κ3) is 21.8. The van der Waals surface area contributed by atoms with Gasteiger partial charge in [-0.05, 0) is 101 Å². The number of hydrogen-bond donors (Lipinski definition) is 1. The van der Waals surface area contributed by atoms with Gasteiger partial charge in [-0.15, -0.1) is 0 Å². The van der Waals surface area contributed by atoms with Gasteiger partial charge >= 0.3 is 12.2 Å². The number of hydrogen-bond acceptors (Lipinski definition) is 12. The van der Waals surface area contributed by atoms with Crippen LogP contribution in [0.2, 0.25) is 10.0 Å². The summed E-state index contributed by atoms with van der Waals surface area (Å²) < 4.78 is 25.0. The lowest BCUT2D eigenvalue weighted by Crippen LogP contribution is -2.50. The first-order valence-electron chi connectivity index (χ1n) is 25.9. The summed E-state index contributed by atoms with van der Waals surface area (Å²) in [7, 11) is 0. The van der Waals surface area contributed by atoms with Gasteiger partial charge in [0.15, 0.2) is 0 Å². The van der Waals surface area contributed by atoms with Crippen LogP contribution in [0.3, 0.4) is 0 Å². The van der Waals surface area contributed by atoms with Gasteiger partial charge < -0.3 is 38.5 Å². The number of unbranched alkanes of at least 4 members (excludes halogenated alkanes) is 10. The van der Waals surface area contributed by atoms with E-state index in [0.29, 0.717) is 81.8 Å². The predicted octanol–water partition coefficient (Wildman–Crippen LogP) is 12.8. The molecule has 2 aromatic heterocycles. The molecule has 1 N–H and O–H groups in total. The van der Waals surface area contributed by atoms with Gasteiger partial charge in [-0.25, -0.2) is 14.7 Å². The molecule has 412 valence electrons. The van der Waals surface area contributed by atoms with Crippen LogP contribution in [-0.4, -0.2) is 119 Å². The first-order valence-corrected chi connectivity index (χ1v) is 27.7. The molecule has 0 spiro atoms. The van der Waals surface area contributed by atoms with Crippen molar-refractivity contribution in [1.29, 1.82) is 0 Å². The highest BCUT2D eigenvalue weighted by Crippen LogP contribution is 2.27. The van der Waals surface area contributed by atoms with Gasteiger partial charge in [0.05, 0.1) is 40.6 Å². The van der Waals surface area contributed by atoms with Gasteiger partial charge in [0.2, 0.25) is 0 Å². The Morgan fingerprint density at radius 3 is 1.51 bits per heavy atom. The molecule has 4 heterocycles. The van der Waals surface area contributed by atoms with Gasteiger partial charge in [-0.1, -0.05) is 133 Å². The van der Waals surface area contributed by atoms with Crippen LogP contribution in [0.1, 0.15) is 140 Å². The number of carbonyl (C=O) groups excluding carboxylic acids is 2. The number of H-pyrrole nitrogens is 1. The summed E-state index contributed by atoms with van der Waals surface area (Å²) in [6.07, 6.45) is 17.4. The molecule has 2 saturated heterocycles. The van der Waals surface area contributed by atoms with Crippen LogP contribution in [0, 0.1) is 3.57 Å². The van der Waals surface area contributed by atoms with E-state index in [1.165, 1.54) is 78.7 Å². The van der Waals surface area contributed by atoms with Crippen LogP contribution in [0.5, 0.6) is 11.5 Å². The first-order chi connectivity index (χ1) is 34.8. The van der Waals surface area contributed by atoms with Gasteiger partial charge in [0.1, 0.15) is 38.4 Å². The van der Waals surface area contributed by atoms with Crippen LogP contribution < -0.4 is 30.4 Å². The van der Waals surface area contributed by atoms with Crippen molar-refractivity contribution in [2.75, 3.05) is 75.4 Å². The van der Waals surface area contributed by atoms with Crippen molar-refractivity contribution in [3.63, 3.8) is 0 Å². The van der Waals surface area contributed by atoms with Crippen LogP contribution in [0.15, 0.2) is 70.5 Å². The Hall–Kier alpha value is -4.75. The lowest BCUT2D eigenvalue weighted by atomic mass is 10.1. The highest BCUT2D eigenvalue weighted by atomic mass is 127. The third-order valence-electron chi connectivity index (χ3n) is 11.7. The van der Waals surface area contributed by atoms with Crippen molar-refractivity contribution >= 4 is 69.4 Å². The van der Waals surface area contributed by atoms with E-state index in [2.05, 4.69) is 57.8 Å². The van der Waals surface area contributed by atoms with Crippen molar-refractivity contribution in [1.82, 2.24) is 29.8 Å². The molecule has 2 aliphatic heterocycles. The molecule has 0 saturated carbocycles. The SMILES string of the molecule is C.CC(C)(C)OC(=O)N1CCN(c2cn[nH]c(=O)c2Cl)CC1.CCCCCCCCOc1ccccc1-n1ncc(N2CCN(C(=O)OC(C)(C)C)CC2)c(Cl)c1=O.CCCCCCCCOc1ccccc1I. The molecule has 0 unspecified atom stereocenters. The number of aromatic amines is 1. The molecule has 16 nitrogen and oxygen atoms in total. The molecule has 0 bridgehead atoms. The Balaban J connectivity index is 0.000000321. The minimum absolute atomic E-state index is 0. The fourth-order valence-electron chi connectivity index (χ4n) is 7.77. The van der Waals surface area contributed by atoms with E-state index in [4.69, 9.17) is 42.1 Å². The quantitative estimate of drug-likeness (QED) is 0.0699. The zero-order chi connectivity index (χ0) is 53.4. The Morgan fingerprint density at radius 1 is 0.595 bits per heavy atom. The molecule has 2 aliphatic rings. The van der Waals surface area contributed by atoms with Crippen molar-refractivity contribution in [2.24, 2.45) is 0 Å².